The summed E-state index contributed by atoms with van der Waals surface area (Å²) in [5.41, 5.74) is -0.554. The molecule has 1 aliphatic rings. The lowest BCUT2D eigenvalue weighted by atomic mass is 9.97. The number of rotatable bonds is 12. The van der Waals surface area contributed by atoms with E-state index in [1.54, 1.807) is 0 Å². The molecule has 0 amide bonds. The molecule has 1 aliphatic carbocycles. The fourth-order valence-corrected chi connectivity index (χ4v) is 2.61. The third-order valence-electron chi connectivity index (χ3n) is 4.17. The number of esters is 1. The Morgan fingerprint density at radius 1 is 1.24 bits per heavy atom. The van der Waals surface area contributed by atoms with Gasteiger partial charge in [-0.15, -0.1) is 0 Å². The molecule has 1 saturated carbocycles. The summed E-state index contributed by atoms with van der Waals surface area (Å²) in [7, 11) is 0. The number of nitrogens with zero attached hydrogens (tertiary/aromatic N) is 1. The first kappa shape index (κ1) is 18.4. The summed E-state index contributed by atoms with van der Waals surface area (Å²) < 4.78 is 5.27. The molecule has 0 heterocycles. The third-order valence-corrected chi connectivity index (χ3v) is 4.17. The zero-order valence-electron chi connectivity index (χ0n) is 14.4. The summed E-state index contributed by atoms with van der Waals surface area (Å²) in [6.07, 6.45) is 5.77. The lowest BCUT2D eigenvalue weighted by Gasteiger charge is -2.31. The van der Waals surface area contributed by atoms with Crippen LogP contribution in [0.15, 0.2) is 0 Å². The van der Waals surface area contributed by atoms with Gasteiger partial charge >= 0.3 is 5.97 Å². The smallest absolute Gasteiger partial charge is 0.326 e. The average molecular weight is 298 g/mol. The maximum absolute atomic E-state index is 12.3. The Bertz CT molecular complexity index is 305. The van der Waals surface area contributed by atoms with Crippen molar-refractivity contribution in [3.05, 3.63) is 0 Å². The molecule has 4 heteroatoms. The predicted octanol–water partition coefficient (Wildman–Crippen LogP) is 2.82. The van der Waals surface area contributed by atoms with Gasteiger partial charge in [-0.2, -0.15) is 0 Å². The number of ether oxygens (including phenoxy) is 1. The molecular formula is C17H34N2O2. The van der Waals surface area contributed by atoms with Gasteiger partial charge in [0.25, 0.3) is 0 Å². The van der Waals surface area contributed by atoms with Crippen molar-refractivity contribution in [3.63, 3.8) is 0 Å². The van der Waals surface area contributed by atoms with Gasteiger partial charge in [-0.1, -0.05) is 13.8 Å². The van der Waals surface area contributed by atoms with E-state index in [2.05, 4.69) is 24.1 Å². The second-order valence-electron chi connectivity index (χ2n) is 6.47. The van der Waals surface area contributed by atoms with Crippen LogP contribution >= 0.6 is 0 Å². The van der Waals surface area contributed by atoms with Gasteiger partial charge < -0.3 is 15.0 Å². The van der Waals surface area contributed by atoms with Crippen LogP contribution in [0.4, 0.5) is 0 Å². The van der Waals surface area contributed by atoms with E-state index in [-0.39, 0.29) is 5.97 Å². The highest BCUT2D eigenvalue weighted by Gasteiger charge is 2.34. The highest BCUT2D eigenvalue weighted by atomic mass is 16.5. The van der Waals surface area contributed by atoms with Crippen LogP contribution in [-0.2, 0) is 9.53 Å². The lowest BCUT2D eigenvalue weighted by Crippen LogP contribution is -2.52. The Balaban J connectivity index is 2.53. The van der Waals surface area contributed by atoms with Crippen LogP contribution in [0, 0.1) is 5.92 Å². The van der Waals surface area contributed by atoms with E-state index in [0.29, 0.717) is 6.61 Å². The molecule has 124 valence electrons. The molecule has 0 aliphatic heterocycles. The molecule has 0 aromatic heterocycles. The molecule has 1 fully saturated rings. The Kier molecular flexibility index (Phi) is 8.27. The first-order valence-electron chi connectivity index (χ1n) is 8.70. The third kappa shape index (κ3) is 6.79. The number of nitrogens with one attached hydrogen (secondary N) is 1. The Morgan fingerprint density at radius 2 is 1.95 bits per heavy atom. The number of hydrogen-bond acceptors (Lipinski definition) is 4. The van der Waals surface area contributed by atoms with Crippen LogP contribution in [0.2, 0.25) is 0 Å². The minimum absolute atomic E-state index is 0.110. The summed E-state index contributed by atoms with van der Waals surface area (Å²) in [6.45, 7) is 12.8. The van der Waals surface area contributed by atoms with E-state index in [9.17, 15) is 4.79 Å². The fraction of sp³-hybridized carbons (Fsp3) is 0.941. The van der Waals surface area contributed by atoms with Crippen molar-refractivity contribution in [2.45, 2.75) is 65.3 Å². The quantitative estimate of drug-likeness (QED) is 0.563. The number of hydrogen-bond donors (Lipinski definition) is 1. The lowest BCUT2D eigenvalue weighted by molar-refractivity contribution is -0.151. The molecule has 0 saturated heterocycles. The van der Waals surface area contributed by atoms with Crippen LogP contribution in [0.25, 0.3) is 0 Å². The van der Waals surface area contributed by atoms with Crippen molar-refractivity contribution in [2.75, 3.05) is 32.8 Å². The van der Waals surface area contributed by atoms with E-state index in [1.165, 1.54) is 25.8 Å². The Hall–Kier alpha value is -0.610. The van der Waals surface area contributed by atoms with Crippen molar-refractivity contribution in [2.24, 2.45) is 5.92 Å². The zero-order valence-corrected chi connectivity index (χ0v) is 14.4. The number of carbonyl (C=O) groups is 1. The molecule has 0 aromatic rings. The van der Waals surface area contributed by atoms with Crippen LogP contribution in [0.5, 0.6) is 0 Å². The molecule has 1 rings (SSSR count). The predicted molar refractivity (Wildman–Crippen MR) is 87.4 cm³/mol. The molecule has 1 atom stereocenters. The fourth-order valence-electron chi connectivity index (χ4n) is 2.61. The summed E-state index contributed by atoms with van der Waals surface area (Å²) in [6, 6.07) is 0. The van der Waals surface area contributed by atoms with Gasteiger partial charge in [0.1, 0.15) is 5.54 Å². The van der Waals surface area contributed by atoms with Gasteiger partial charge in [0.05, 0.1) is 6.61 Å². The Morgan fingerprint density at radius 3 is 2.48 bits per heavy atom. The first-order chi connectivity index (χ1) is 10.1. The van der Waals surface area contributed by atoms with E-state index in [1.807, 2.05) is 13.8 Å². The highest BCUT2D eigenvalue weighted by Crippen LogP contribution is 2.30. The topological polar surface area (TPSA) is 41.6 Å². The van der Waals surface area contributed by atoms with Crippen molar-refractivity contribution in [1.82, 2.24) is 10.2 Å². The van der Waals surface area contributed by atoms with Gasteiger partial charge in [-0.25, -0.2) is 0 Å². The summed E-state index contributed by atoms with van der Waals surface area (Å²) in [4.78, 5) is 14.8. The maximum atomic E-state index is 12.3. The van der Waals surface area contributed by atoms with Gasteiger partial charge in [-0.3, -0.25) is 4.79 Å². The largest absolute Gasteiger partial charge is 0.465 e. The summed E-state index contributed by atoms with van der Waals surface area (Å²) >= 11 is 0. The van der Waals surface area contributed by atoms with Gasteiger partial charge in [0.15, 0.2) is 0 Å². The molecule has 4 nitrogen and oxygen atoms in total. The first-order valence-corrected chi connectivity index (χ1v) is 8.70. The second-order valence-corrected chi connectivity index (χ2v) is 6.47. The van der Waals surface area contributed by atoms with E-state index in [0.717, 1.165) is 38.4 Å². The van der Waals surface area contributed by atoms with Gasteiger partial charge in [-0.05, 0) is 65.0 Å². The molecule has 1 N–H and O–H groups in total. The molecule has 0 bridgehead atoms. The highest BCUT2D eigenvalue weighted by molar-refractivity contribution is 5.80. The molecule has 21 heavy (non-hydrogen) atoms. The zero-order chi connectivity index (χ0) is 15.7. The maximum Gasteiger partial charge on any atom is 0.326 e. The van der Waals surface area contributed by atoms with Gasteiger partial charge in [0.2, 0.25) is 0 Å². The summed E-state index contributed by atoms with van der Waals surface area (Å²) in [5.74, 6) is 0.787. The van der Waals surface area contributed by atoms with Crippen molar-refractivity contribution >= 4 is 5.97 Å². The molecule has 0 aromatic carbocycles. The van der Waals surface area contributed by atoms with E-state index >= 15 is 0 Å². The Labute approximate surface area is 130 Å². The van der Waals surface area contributed by atoms with E-state index < -0.39 is 5.54 Å². The molecule has 0 spiro atoms. The number of carbonyl (C=O) groups excluding carboxylic acids is 1. The van der Waals surface area contributed by atoms with E-state index in [4.69, 9.17) is 4.74 Å². The van der Waals surface area contributed by atoms with Crippen LogP contribution in [-0.4, -0.2) is 49.2 Å². The monoisotopic (exact) mass is 298 g/mol. The normalized spacial score (nSPS) is 17.8. The second kappa shape index (κ2) is 9.42. The summed E-state index contributed by atoms with van der Waals surface area (Å²) in [5, 5.41) is 3.40. The minimum Gasteiger partial charge on any atom is -0.465 e. The van der Waals surface area contributed by atoms with Crippen LogP contribution in [0.1, 0.15) is 59.8 Å². The average Bonchev–Trinajstić information content (AvgIpc) is 3.27. The molecule has 0 radical (unpaired) electrons. The van der Waals surface area contributed by atoms with Crippen molar-refractivity contribution in [3.8, 4) is 0 Å². The SMILES string of the molecule is CCCNC(C)(CCN(CCC)CC1CC1)C(=O)OCC. The molecular weight excluding hydrogens is 264 g/mol. The minimum atomic E-state index is -0.554. The van der Waals surface area contributed by atoms with Gasteiger partial charge in [0, 0.05) is 13.1 Å². The standard InChI is InChI=1S/C17H34N2O2/c1-5-11-18-17(4,16(20)21-7-3)10-13-19(12-6-2)14-15-8-9-15/h15,18H,5-14H2,1-4H3. The van der Waals surface area contributed by atoms with Crippen molar-refractivity contribution in [1.29, 1.82) is 0 Å². The van der Waals surface area contributed by atoms with Crippen LogP contribution < -0.4 is 5.32 Å². The van der Waals surface area contributed by atoms with Crippen LogP contribution in [0.3, 0.4) is 0 Å². The van der Waals surface area contributed by atoms with Crippen molar-refractivity contribution < 1.29 is 9.53 Å². The molecule has 1 unspecified atom stereocenters.